The molecule has 0 saturated heterocycles. The first-order chi connectivity index (χ1) is 14.3. The molecule has 3 aromatic rings. The van der Waals surface area contributed by atoms with Gasteiger partial charge in [-0.05, 0) is 35.9 Å². The van der Waals surface area contributed by atoms with Crippen LogP contribution in [0, 0.1) is 10.1 Å². The molecule has 0 bridgehead atoms. The molecule has 1 amide bonds. The minimum Gasteiger partial charge on any atom is -0.326 e. The summed E-state index contributed by atoms with van der Waals surface area (Å²) in [5, 5.41) is 13.4. The number of sulfonamides is 1. The third-order valence-corrected chi connectivity index (χ3v) is 6.19. The number of hydrogen-bond donors (Lipinski definition) is 1. The van der Waals surface area contributed by atoms with Crippen molar-refractivity contribution in [3.05, 3.63) is 94.5 Å². The molecule has 3 aromatic carbocycles. The number of non-ortho nitro benzene ring substituents is 1. The molecule has 9 heteroatoms. The zero-order chi connectivity index (χ0) is 21.7. The van der Waals surface area contributed by atoms with Crippen molar-refractivity contribution in [3.63, 3.8) is 0 Å². The largest absolute Gasteiger partial charge is 0.326 e. The molecule has 3 rings (SSSR count). The molecular formula is C21H19N3O5S. The monoisotopic (exact) mass is 425 g/mol. The number of anilines is 2. The van der Waals surface area contributed by atoms with Crippen LogP contribution in [0.3, 0.4) is 0 Å². The highest BCUT2D eigenvalue weighted by Gasteiger charge is 2.21. The van der Waals surface area contributed by atoms with Crippen molar-refractivity contribution < 1.29 is 18.1 Å². The molecule has 0 heterocycles. The Morgan fingerprint density at radius 2 is 1.67 bits per heavy atom. The lowest BCUT2D eigenvalue weighted by Gasteiger charge is -2.19. The van der Waals surface area contributed by atoms with Gasteiger partial charge in [-0.1, -0.05) is 36.4 Å². The Bertz CT molecular complexity index is 1160. The molecule has 0 saturated carbocycles. The summed E-state index contributed by atoms with van der Waals surface area (Å²) in [6.07, 6.45) is -0.00110. The number of nitro benzene ring substituents is 1. The van der Waals surface area contributed by atoms with E-state index in [4.69, 9.17) is 0 Å². The topological polar surface area (TPSA) is 110 Å². The van der Waals surface area contributed by atoms with Crippen LogP contribution in [0.25, 0.3) is 0 Å². The van der Waals surface area contributed by atoms with Gasteiger partial charge in [-0.2, -0.15) is 0 Å². The molecular weight excluding hydrogens is 406 g/mol. The fraction of sp³-hybridized carbons (Fsp3) is 0.0952. The number of carbonyl (C=O) groups excluding carboxylic acids is 1. The number of nitrogens with one attached hydrogen (secondary N) is 1. The number of rotatable bonds is 7. The summed E-state index contributed by atoms with van der Waals surface area (Å²) < 4.78 is 27.0. The van der Waals surface area contributed by atoms with Gasteiger partial charge in [0.2, 0.25) is 5.91 Å². The molecule has 0 aliphatic rings. The average molecular weight is 425 g/mol. The second-order valence-corrected chi connectivity index (χ2v) is 8.45. The molecule has 0 aliphatic carbocycles. The van der Waals surface area contributed by atoms with Crippen molar-refractivity contribution in [2.24, 2.45) is 0 Å². The highest BCUT2D eigenvalue weighted by atomic mass is 32.2. The summed E-state index contributed by atoms with van der Waals surface area (Å²) in [5.74, 6) is -0.366. The van der Waals surface area contributed by atoms with E-state index in [1.807, 2.05) is 0 Å². The summed E-state index contributed by atoms with van der Waals surface area (Å²) in [6.45, 7) is 0. The van der Waals surface area contributed by atoms with Gasteiger partial charge in [0.05, 0.1) is 21.9 Å². The van der Waals surface area contributed by atoms with Gasteiger partial charge >= 0.3 is 0 Å². The van der Waals surface area contributed by atoms with Gasteiger partial charge in [0, 0.05) is 24.9 Å². The Balaban J connectivity index is 1.73. The molecule has 1 N–H and O–H groups in total. The maximum Gasteiger partial charge on any atom is 0.269 e. The lowest BCUT2D eigenvalue weighted by Crippen LogP contribution is -2.26. The molecule has 0 fully saturated rings. The third-order valence-electron chi connectivity index (χ3n) is 4.41. The van der Waals surface area contributed by atoms with E-state index in [9.17, 15) is 23.3 Å². The van der Waals surface area contributed by atoms with Crippen LogP contribution >= 0.6 is 0 Å². The highest BCUT2D eigenvalue weighted by molar-refractivity contribution is 7.92. The first kappa shape index (κ1) is 21.0. The molecule has 154 valence electrons. The molecule has 0 spiro atoms. The van der Waals surface area contributed by atoms with Crippen molar-refractivity contribution in [1.82, 2.24) is 0 Å². The standard InChI is InChI=1S/C21H19N3O5S/c1-23(18-7-3-2-4-8-18)30(28,29)20-9-5-6-17(15-20)22-21(25)14-16-10-12-19(13-11-16)24(26)27/h2-13,15H,14H2,1H3,(H,22,25). The van der Waals surface area contributed by atoms with Gasteiger partial charge < -0.3 is 5.32 Å². The maximum atomic E-state index is 12.9. The third kappa shape index (κ3) is 4.81. The zero-order valence-corrected chi connectivity index (χ0v) is 16.9. The van der Waals surface area contributed by atoms with E-state index in [0.717, 1.165) is 0 Å². The van der Waals surface area contributed by atoms with E-state index in [-0.39, 0.29) is 22.9 Å². The summed E-state index contributed by atoms with van der Waals surface area (Å²) in [4.78, 5) is 22.5. The second kappa shape index (κ2) is 8.75. The summed E-state index contributed by atoms with van der Waals surface area (Å²) in [7, 11) is -2.34. The smallest absolute Gasteiger partial charge is 0.269 e. The van der Waals surface area contributed by atoms with Gasteiger partial charge in [0.1, 0.15) is 0 Å². The fourth-order valence-electron chi connectivity index (χ4n) is 2.80. The van der Waals surface area contributed by atoms with Crippen LogP contribution in [0.15, 0.2) is 83.8 Å². The minimum atomic E-state index is -3.80. The molecule has 0 aliphatic heterocycles. The first-order valence-electron chi connectivity index (χ1n) is 8.94. The van der Waals surface area contributed by atoms with E-state index in [0.29, 0.717) is 16.9 Å². The second-order valence-electron chi connectivity index (χ2n) is 6.48. The Labute approximate surface area is 174 Å². The summed E-state index contributed by atoms with van der Waals surface area (Å²) in [6, 6.07) is 20.3. The number of nitro groups is 1. The molecule has 30 heavy (non-hydrogen) atoms. The van der Waals surface area contributed by atoms with E-state index >= 15 is 0 Å². The number of amides is 1. The fourth-order valence-corrected chi connectivity index (χ4v) is 4.04. The molecule has 8 nitrogen and oxygen atoms in total. The Morgan fingerprint density at radius 1 is 1.00 bits per heavy atom. The Morgan fingerprint density at radius 3 is 2.30 bits per heavy atom. The van der Waals surface area contributed by atoms with Crippen LogP contribution in [0.5, 0.6) is 0 Å². The predicted octanol–water partition coefficient (Wildman–Crippen LogP) is 3.60. The maximum absolute atomic E-state index is 12.9. The highest BCUT2D eigenvalue weighted by Crippen LogP contribution is 2.24. The van der Waals surface area contributed by atoms with Crippen LogP contribution in [0.1, 0.15) is 5.56 Å². The number of para-hydroxylation sites is 1. The normalized spacial score (nSPS) is 11.0. The molecule has 0 aromatic heterocycles. The Hall–Kier alpha value is -3.72. The molecule has 0 radical (unpaired) electrons. The lowest BCUT2D eigenvalue weighted by atomic mass is 10.1. The first-order valence-corrected chi connectivity index (χ1v) is 10.4. The van der Waals surface area contributed by atoms with Gasteiger partial charge in [-0.25, -0.2) is 8.42 Å². The number of hydrogen-bond acceptors (Lipinski definition) is 5. The van der Waals surface area contributed by atoms with E-state index in [2.05, 4.69) is 5.32 Å². The van der Waals surface area contributed by atoms with E-state index < -0.39 is 14.9 Å². The van der Waals surface area contributed by atoms with Crippen LogP contribution < -0.4 is 9.62 Å². The van der Waals surface area contributed by atoms with E-state index in [1.165, 1.54) is 47.8 Å². The van der Waals surface area contributed by atoms with Gasteiger partial charge in [-0.3, -0.25) is 19.2 Å². The van der Waals surface area contributed by atoms with Crippen molar-refractivity contribution >= 4 is 33.0 Å². The predicted molar refractivity (Wildman–Crippen MR) is 114 cm³/mol. The van der Waals surface area contributed by atoms with Gasteiger partial charge in [0.25, 0.3) is 15.7 Å². The molecule has 0 unspecified atom stereocenters. The van der Waals surface area contributed by atoms with Crippen molar-refractivity contribution in [2.45, 2.75) is 11.3 Å². The summed E-state index contributed by atoms with van der Waals surface area (Å²) >= 11 is 0. The van der Waals surface area contributed by atoms with Crippen molar-refractivity contribution in [3.8, 4) is 0 Å². The number of carbonyl (C=O) groups is 1. The quantitative estimate of drug-likeness (QED) is 0.459. The summed E-state index contributed by atoms with van der Waals surface area (Å²) in [5.41, 5.74) is 1.40. The van der Waals surface area contributed by atoms with Crippen LogP contribution in [0.4, 0.5) is 17.1 Å². The Kier molecular flexibility index (Phi) is 6.12. The number of nitrogens with zero attached hydrogens (tertiary/aromatic N) is 2. The number of benzene rings is 3. The van der Waals surface area contributed by atoms with E-state index in [1.54, 1.807) is 42.5 Å². The van der Waals surface area contributed by atoms with Crippen LogP contribution in [-0.4, -0.2) is 26.3 Å². The van der Waals surface area contributed by atoms with Gasteiger partial charge in [0.15, 0.2) is 0 Å². The van der Waals surface area contributed by atoms with Gasteiger partial charge in [-0.15, -0.1) is 0 Å². The minimum absolute atomic E-state index is 0.00110. The SMILES string of the molecule is CN(c1ccccc1)S(=O)(=O)c1cccc(NC(=O)Cc2ccc([N+](=O)[O-])cc2)c1. The molecule has 0 atom stereocenters. The van der Waals surface area contributed by atoms with Crippen LogP contribution in [0.2, 0.25) is 0 Å². The lowest BCUT2D eigenvalue weighted by molar-refractivity contribution is -0.384. The average Bonchev–Trinajstić information content (AvgIpc) is 2.74. The van der Waals surface area contributed by atoms with Crippen molar-refractivity contribution in [1.29, 1.82) is 0 Å². The van der Waals surface area contributed by atoms with Crippen LogP contribution in [-0.2, 0) is 21.2 Å². The van der Waals surface area contributed by atoms with Crippen molar-refractivity contribution in [2.75, 3.05) is 16.7 Å². The zero-order valence-electron chi connectivity index (χ0n) is 16.1.